The SMILES string of the molecule is Cc1cnc(CCC(Br)C(C)C)c(C)c1[N+](=O)[O-]. The Morgan fingerprint density at radius 3 is 2.56 bits per heavy atom. The van der Waals surface area contributed by atoms with Gasteiger partial charge in [-0.25, -0.2) is 0 Å². The molecule has 0 aliphatic rings. The topological polar surface area (TPSA) is 56.0 Å². The lowest BCUT2D eigenvalue weighted by molar-refractivity contribution is -0.386. The van der Waals surface area contributed by atoms with Crippen molar-refractivity contribution in [1.29, 1.82) is 0 Å². The lowest BCUT2D eigenvalue weighted by atomic mass is 10.0. The van der Waals surface area contributed by atoms with E-state index in [9.17, 15) is 10.1 Å². The molecule has 4 nitrogen and oxygen atoms in total. The predicted molar refractivity (Wildman–Crippen MR) is 76.2 cm³/mol. The minimum absolute atomic E-state index is 0.204. The number of hydrogen-bond donors (Lipinski definition) is 0. The smallest absolute Gasteiger partial charge is 0.260 e. The van der Waals surface area contributed by atoms with E-state index in [1.165, 1.54) is 0 Å². The van der Waals surface area contributed by atoms with Gasteiger partial charge < -0.3 is 0 Å². The Labute approximate surface area is 116 Å². The van der Waals surface area contributed by atoms with Crippen molar-refractivity contribution in [2.75, 3.05) is 0 Å². The van der Waals surface area contributed by atoms with Crippen LogP contribution in [0.4, 0.5) is 5.69 Å². The van der Waals surface area contributed by atoms with Gasteiger partial charge >= 0.3 is 0 Å². The van der Waals surface area contributed by atoms with Gasteiger partial charge in [0.15, 0.2) is 0 Å². The molecule has 5 heteroatoms. The first-order valence-electron chi connectivity index (χ1n) is 6.08. The first-order chi connectivity index (χ1) is 8.34. The molecule has 0 aliphatic carbocycles. The molecule has 1 aromatic rings. The largest absolute Gasteiger partial charge is 0.278 e. The van der Waals surface area contributed by atoms with Crippen LogP contribution in [0.1, 0.15) is 37.1 Å². The third kappa shape index (κ3) is 3.51. The van der Waals surface area contributed by atoms with Crippen LogP contribution in [-0.4, -0.2) is 14.7 Å². The van der Waals surface area contributed by atoms with Gasteiger partial charge in [0.1, 0.15) is 0 Å². The van der Waals surface area contributed by atoms with Gasteiger partial charge in [-0.3, -0.25) is 15.1 Å². The molecule has 0 fully saturated rings. The summed E-state index contributed by atoms with van der Waals surface area (Å²) >= 11 is 3.62. The van der Waals surface area contributed by atoms with Crippen molar-refractivity contribution in [3.05, 3.63) is 33.1 Å². The number of nitro groups is 1. The number of nitrogens with zero attached hydrogens (tertiary/aromatic N) is 2. The van der Waals surface area contributed by atoms with E-state index in [1.54, 1.807) is 20.0 Å². The third-order valence-electron chi connectivity index (χ3n) is 3.14. The van der Waals surface area contributed by atoms with E-state index in [4.69, 9.17) is 0 Å². The highest BCUT2D eigenvalue weighted by Gasteiger charge is 2.19. The van der Waals surface area contributed by atoms with Gasteiger partial charge in [-0.1, -0.05) is 29.8 Å². The number of halogens is 1. The summed E-state index contributed by atoms with van der Waals surface area (Å²) in [6.45, 7) is 7.81. The first kappa shape index (κ1) is 15.1. The fourth-order valence-electron chi connectivity index (χ4n) is 1.91. The van der Waals surface area contributed by atoms with Crippen molar-refractivity contribution in [3.63, 3.8) is 0 Å². The maximum atomic E-state index is 11.0. The first-order valence-corrected chi connectivity index (χ1v) is 6.99. The molecular formula is C13H19BrN2O2. The second-order valence-electron chi connectivity index (χ2n) is 4.92. The normalized spacial score (nSPS) is 12.8. The molecule has 1 unspecified atom stereocenters. The average molecular weight is 315 g/mol. The van der Waals surface area contributed by atoms with Gasteiger partial charge in [-0.15, -0.1) is 0 Å². The highest BCUT2D eigenvalue weighted by Crippen LogP contribution is 2.26. The van der Waals surface area contributed by atoms with Gasteiger partial charge in [-0.05, 0) is 32.6 Å². The molecule has 1 atom stereocenters. The molecule has 18 heavy (non-hydrogen) atoms. The van der Waals surface area contributed by atoms with E-state index in [0.29, 0.717) is 21.9 Å². The zero-order valence-electron chi connectivity index (χ0n) is 11.2. The number of hydrogen-bond acceptors (Lipinski definition) is 3. The van der Waals surface area contributed by atoms with Gasteiger partial charge in [0.05, 0.1) is 10.6 Å². The van der Waals surface area contributed by atoms with Crippen molar-refractivity contribution in [3.8, 4) is 0 Å². The van der Waals surface area contributed by atoms with Crippen LogP contribution in [0.25, 0.3) is 0 Å². The Morgan fingerprint density at radius 2 is 2.06 bits per heavy atom. The number of pyridine rings is 1. The minimum Gasteiger partial charge on any atom is -0.260 e. The molecule has 100 valence electrons. The van der Waals surface area contributed by atoms with Crippen LogP contribution in [0.2, 0.25) is 0 Å². The van der Waals surface area contributed by atoms with Crippen LogP contribution < -0.4 is 0 Å². The average Bonchev–Trinajstić information content (AvgIpc) is 2.27. The minimum atomic E-state index is -0.316. The van der Waals surface area contributed by atoms with Crippen molar-refractivity contribution < 1.29 is 4.92 Å². The van der Waals surface area contributed by atoms with Crippen molar-refractivity contribution in [2.24, 2.45) is 5.92 Å². The Balaban J connectivity index is 2.91. The molecule has 0 saturated heterocycles. The van der Waals surface area contributed by atoms with Gasteiger partial charge in [0.2, 0.25) is 0 Å². The molecular weight excluding hydrogens is 296 g/mol. The molecule has 0 spiro atoms. The quantitative estimate of drug-likeness (QED) is 0.469. The van der Waals surface area contributed by atoms with Crippen LogP contribution in [0.5, 0.6) is 0 Å². The second-order valence-corrected chi connectivity index (χ2v) is 6.09. The number of alkyl halides is 1. The molecule has 0 amide bonds. The third-order valence-corrected chi connectivity index (χ3v) is 4.65. The Hall–Kier alpha value is -0.970. The number of aromatic nitrogens is 1. The van der Waals surface area contributed by atoms with E-state index < -0.39 is 0 Å². The van der Waals surface area contributed by atoms with E-state index in [1.807, 2.05) is 0 Å². The van der Waals surface area contributed by atoms with E-state index >= 15 is 0 Å². The highest BCUT2D eigenvalue weighted by molar-refractivity contribution is 9.09. The van der Waals surface area contributed by atoms with Crippen molar-refractivity contribution in [1.82, 2.24) is 4.98 Å². The predicted octanol–water partition coefficient (Wildman–Crippen LogP) is 3.96. The zero-order valence-corrected chi connectivity index (χ0v) is 12.8. The summed E-state index contributed by atoms with van der Waals surface area (Å²) in [7, 11) is 0. The molecule has 1 aromatic heterocycles. The summed E-state index contributed by atoms with van der Waals surface area (Å²) < 4.78 is 0. The Morgan fingerprint density at radius 1 is 1.44 bits per heavy atom. The summed E-state index contributed by atoms with van der Waals surface area (Å²) in [6, 6.07) is 0. The summed E-state index contributed by atoms with van der Waals surface area (Å²) in [5.74, 6) is 0.547. The molecule has 0 N–H and O–H groups in total. The van der Waals surface area contributed by atoms with Crippen molar-refractivity contribution in [2.45, 2.75) is 45.4 Å². The fraction of sp³-hybridized carbons (Fsp3) is 0.615. The van der Waals surface area contributed by atoms with Crippen LogP contribution in [0, 0.1) is 29.9 Å². The maximum absolute atomic E-state index is 11.0. The standard InChI is InChI=1S/C13H19BrN2O2/c1-8(2)11(14)5-6-12-10(4)13(16(17)18)9(3)7-15-12/h7-8,11H,5-6H2,1-4H3. The summed E-state index contributed by atoms with van der Waals surface area (Å²) in [6.07, 6.45) is 3.30. The monoisotopic (exact) mass is 314 g/mol. The molecule has 0 aromatic carbocycles. The van der Waals surface area contributed by atoms with Gasteiger partial charge in [-0.2, -0.15) is 0 Å². The lowest BCUT2D eigenvalue weighted by Crippen LogP contribution is -2.10. The highest BCUT2D eigenvalue weighted by atomic mass is 79.9. The summed E-state index contributed by atoms with van der Waals surface area (Å²) in [5.41, 5.74) is 2.36. The molecule has 0 aliphatic heterocycles. The van der Waals surface area contributed by atoms with Crippen LogP contribution in [-0.2, 0) is 6.42 Å². The molecule has 1 heterocycles. The van der Waals surface area contributed by atoms with Crippen molar-refractivity contribution >= 4 is 21.6 Å². The molecule has 0 bridgehead atoms. The van der Waals surface area contributed by atoms with E-state index in [2.05, 4.69) is 34.8 Å². The summed E-state index contributed by atoms with van der Waals surface area (Å²) in [4.78, 5) is 15.4. The molecule has 0 saturated carbocycles. The molecule has 0 radical (unpaired) electrons. The van der Waals surface area contributed by atoms with Gasteiger partial charge in [0.25, 0.3) is 5.69 Å². The Bertz CT molecular complexity index is 447. The lowest BCUT2D eigenvalue weighted by Gasteiger charge is -2.14. The van der Waals surface area contributed by atoms with Crippen LogP contribution in [0.3, 0.4) is 0 Å². The summed E-state index contributed by atoms with van der Waals surface area (Å²) in [5, 5.41) is 11.0. The zero-order chi connectivity index (χ0) is 13.9. The maximum Gasteiger partial charge on any atom is 0.278 e. The number of rotatable bonds is 5. The van der Waals surface area contributed by atoms with Crippen LogP contribution in [0.15, 0.2) is 6.20 Å². The fourth-order valence-corrected chi connectivity index (χ4v) is 2.13. The molecule has 1 rings (SSSR count). The Kier molecular flexibility index (Phi) is 5.26. The van der Waals surface area contributed by atoms with E-state index in [0.717, 1.165) is 18.5 Å². The van der Waals surface area contributed by atoms with E-state index in [-0.39, 0.29) is 10.6 Å². The second kappa shape index (κ2) is 6.27. The van der Waals surface area contributed by atoms with Gasteiger partial charge in [0, 0.05) is 22.2 Å². The van der Waals surface area contributed by atoms with Crippen LogP contribution >= 0.6 is 15.9 Å². The number of aryl methyl sites for hydroxylation is 2.